The second kappa shape index (κ2) is 8.56. The van der Waals surface area contributed by atoms with Crippen LogP contribution in [0.15, 0.2) is 48.8 Å². The number of nitrogens with one attached hydrogen (secondary N) is 1. The summed E-state index contributed by atoms with van der Waals surface area (Å²) in [4.78, 5) is 31.4. The van der Waals surface area contributed by atoms with Gasteiger partial charge >= 0.3 is 0 Å². The van der Waals surface area contributed by atoms with Gasteiger partial charge in [-0.3, -0.25) is 14.6 Å². The molecule has 1 N–H and O–H groups in total. The Hall–Kier alpha value is -2.73. The quantitative estimate of drug-likeness (QED) is 0.844. The smallest absolute Gasteiger partial charge is 0.253 e. The zero-order valence-electron chi connectivity index (χ0n) is 17.6. The average molecular weight is 408 g/mol. The number of aryl methyl sites for hydroxylation is 1. The SMILES string of the molecule is Cc1ccc(CC(=O)N2CC[C@]3(CC[C@H](C(=O)Nc4cccnc4)O3)[C@H](C)C2)cc1. The van der Waals surface area contributed by atoms with Gasteiger partial charge in [0.2, 0.25) is 5.91 Å². The lowest BCUT2D eigenvalue weighted by Crippen LogP contribution is -2.53. The lowest BCUT2D eigenvalue weighted by Gasteiger charge is -2.44. The van der Waals surface area contributed by atoms with Crippen molar-refractivity contribution in [1.29, 1.82) is 0 Å². The normalized spacial score (nSPS) is 26.0. The number of anilines is 1. The number of rotatable bonds is 4. The van der Waals surface area contributed by atoms with Crippen molar-refractivity contribution in [2.45, 2.75) is 51.2 Å². The van der Waals surface area contributed by atoms with E-state index in [4.69, 9.17) is 4.74 Å². The Morgan fingerprint density at radius 1 is 1.23 bits per heavy atom. The Morgan fingerprint density at radius 2 is 2.03 bits per heavy atom. The number of carbonyl (C=O) groups is 2. The predicted molar refractivity (Wildman–Crippen MR) is 115 cm³/mol. The molecule has 30 heavy (non-hydrogen) atoms. The summed E-state index contributed by atoms with van der Waals surface area (Å²) in [7, 11) is 0. The zero-order valence-corrected chi connectivity index (χ0v) is 17.6. The lowest BCUT2D eigenvalue weighted by atomic mass is 9.80. The van der Waals surface area contributed by atoms with Gasteiger partial charge in [0, 0.05) is 25.2 Å². The monoisotopic (exact) mass is 407 g/mol. The topological polar surface area (TPSA) is 71.5 Å². The molecule has 1 aromatic heterocycles. The minimum absolute atomic E-state index is 0.120. The third-order valence-corrected chi connectivity index (χ3v) is 6.45. The van der Waals surface area contributed by atoms with E-state index in [1.165, 1.54) is 5.56 Å². The standard InChI is InChI=1S/C24H29N3O3/c1-17-5-7-19(8-6-17)14-22(28)27-13-11-24(18(2)16-27)10-9-21(30-24)23(29)26-20-4-3-12-25-15-20/h3-8,12,15,18,21H,9-11,13-14,16H2,1-2H3,(H,26,29)/t18-,21-,24-/m1/s1. The van der Waals surface area contributed by atoms with Crippen LogP contribution in [0.1, 0.15) is 37.3 Å². The molecule has 0 saturated carbocycles. The van der Waals surface area contributed by atoms with Gasteiger partial charge in [-0.15, -0.1) is 0 Å². The minimum Gasteiger partial charge on any atom is -0.362 e. The van der Waals surface area contributed by atoms with Crippen molar-refractivity contribution < 1.29 is 14.3 Å². The van der Waals surface area contributed by atoms with Crippen molar-refractivity contribution in [3.63, 3.8) is 0 Å². The van der Waals surface area contributed by atoms with Gasteiger partial charge in [-0.25, -0.2) is 0 Å². The summed E-state index contributed by atoms with van der Waals surface area (Å²) in [6, 6.07) is 11.7. The van der Waals surface area contributed by atoms with Crippen molar-refractivity contribution in [2.75, 3.05) is 18.4 Å². The van der Waals surface area contributed by atoms with Crippen LogP contribution in [0.3, 0.4) is 0 Å². The summed E-state index contributed by atoms with van der Waals surface area (Å²) in [5.41, 5.74) is 2.59. The fraction of sp³-hybridized carbons (Fsp3) is 0.458. The van der Waals surface area contributed by atoms with Gasteiger partial charge in [-0.05, 0) is 43.9 Å². The van der Waals surface area contributed by atoms with Gasteiger partial charge in [0.05, 0.1) is 23.9 Å². The van der Waals surface area contributed by atoms with Gasteiger partial charge < -0.3 is 15.0 Å². The highest BCUT2D eigenvalue weighted by Gasteiger charge is 2.49. The first-order valence-corrected chi connectivity index (χ1v) is 10.7. The minimum atomic E-state index is -0.456. The Balaban J connectivity index is 1.33. The molecular weight excluding hydrogens is 378 g/mol. The van der Waals surface area contributed by atoms with Crippen molar-refractivity contribution in [3.8, 4) is 0 Å². The molecule has 0 unspecified atom stereocenters. The van der Waals surface area contributed by atoms with E-state index >= 15 is 0 Å². The highest BCUT2D eigenvalue weighted by Crippen LogP contribution is 2.42. The molecule has 158 valence electrons. The number of amides is 2. The molecule has 2 amide bonds. The van der Waals surface area contributed by atoms with Gasteiger partial charge in [-0.1, -0.05) is 36.8 Å². The van der Waals surface area contributed by atoms with E-state index in [1.807, 2.05) is 42.2 Å². The molecule has 1 aromatic carbocycles. The number of aromatic nitrogens is 1. The summed E-state index contributed by atoms with van der Waals surface area (Å²) in [6.45, 7) is 5.52. The molecule has 3 atom stereocenters. The summed E-state index contributed by atoms with van der Waals surface area (Å²) < 4.78 is 6.33. The van der Waals surface area contributed by atoms with Gasteiger partial charge in [0.25, 0.3) is 5.91 Å². The number of piperidine rings is 1. The third kappa shape index (κ3) is 4.38. The molecule has 3 heterocycles. The Morgan fingerprint density at radius 3 is 2.73 bits per heavy atom. The zero-order chi connectivity index (χ0) is 21.1. The van der Waals surface area contributed by atoms with Crippen LogP contribution < -0.4 is 5.32 Å². The van der Waals surface area contributed by atoms with Gasteiger partial charge in [-0.2, -0.15) is 0 Å². The van der Waals surface area contributed by atoms with E-state index < -0.39 is 6.10 Å². The van der Waals surface area contributed by atoms with Gasteiger partial charge in [0.1, 0.15) is 6.10 Å². The molecule has 1 spiro atoms. The first-order valence-electron chi connectivity index (χ1n) is 10.7. The van der Waals surface area contributed by atoms with Crippen LogP contribution in [0.25, 0.3) is 0 Å². The van der Waals surface area contributed by atoms with E-state index in [1.54, 1.807) is 18.5 Å². The van der Waals surface area contributed by atoms with E-state index in [2.05, 4.69) is 17.2 Å². The molecule has 2 aromatic rings. The molecule has 2 fully saturated rings. The average Bonchev–Trinajstić information content (AvgIpc) is 3.18. The van der Waals surface area contributed by atoms with Crippen molar-refractivity contribution >= 4 is 17.5 Å². The molecule has 0 aliphatic carbocycles. The lowest BCUT2D eigenvalue weighted by molar-refractivity contribution is -0.151. The molecular formula is C24H29N3O3. The number of hydrogen-bond acceptors (Lipinski definition) is 4. The highest BCUT2D eigenvalue weighted by molar-refractivity contribution is 5.94. The fourth-order valence-corrected chi connectivity index (χ4v) is 4.54. The van der Waals surface area contributed by atoms with Crippen LogP contribution in [0.5, 0.6) is 0 Å². The molecule has 2 aliphatic rings. The number of benzene rings is 1. The van der Waals surface area contributed by atoms with E-state index in [9.17, 15) is 9.59 Å². The van der Waals surface area contributed by atoms with Crippen LogP contribution in [0.2, 0.25) is 0 Å². The number of hydrogen-bond donors (Lipinski definition) is 1. The maximum atomic E-state index is 12.8. The molecule has 4 rings (SSSR count). The maximum absolute atomic E-state index is 12.8. The number of ether oxygens (including phenoxy) is 1. The molecule has 6 nitrogen and oxygen atoms in total. The summed E-state index contributed by atoms with van der Waals surface area (Å²) >= 11 is 0. The van der Waals surface area contributed by atoms with Crippen molar-refractivity contribution in [1.82, 2.24) is 9.88 Å². The third-order valence-electron chi connectivity index (χ3n) is 6.45. The van der Waals surface area contributed by atoms with Gasteiger partial charge in [0.15, 0.2) is 0 Å². The van der Waals surface area contributed by atoms with Crippen LogP contribution in [-0.2, 0) is 20.7 Å². The van der Waals surface area contributed by atoms with E-state index in [0.29, 0.717) is 31.6 Å². The number of likely N-dealkylation sites (tertiary alicyclic amines) is 1. The molecule has 2 saturated heterocycles. The molecule has 6 heteroatoms. The molecule has 0 bridgehead atoms. The largest absolute Gasteiger partial charge is 0.362 e. The fourth-order valence-electron chi connectivity index (χ4n) is 4.54. The van der Waals surface area contributed by atoms with Crippen LogP contribution >= 0.6 is 0 Å². The summed E-state index contributed by atoms with van der Waals surface area (Å²) in [5.74, 6) is 0.221. The number of carbonyl (C=O) groups excluding carboxylic acids is 2. The molecule has 2 aliphatic heterocycles. The summed E-state index contributed by atoms with van der Waals surface area (Å²) in [6.07, 6.45) is 5.59. The Kier molecular flexibility index (Phi) is 5.86. The molecule has 0 radical (unpaired) electrons. The maximum Gasteiger partial charge on any atom is 0.253 e. The number of nitrogens with zero attached hydrogens (tertiary/aromatic N) is 2. The second-order valence-electron chi connectivity index (χ2n) is 8.59. The summed E-state index contributed by atoms with van der Waals surface area (Å²) in [5, 5.41) is 2.89. The predicted octanol–water partition coefficient (Wildman–Crippen LogP) is 3.36. The van der Waals surface area contributed by atoms with Crippen LogP contribution in [0, 0.1) is 12.8 Å². The first-order chi connectivity index (χ1) is 14.4. The second-order valence-corrected chi connectivity index (χ2v) is 8.59. The number of pyridine rings is 1. The van der Waals surface area contributed by atoms with E-state index in [-0.39, 0.29) is 23.3 Å². The van der Waals surface area contributed by atoms with Crippen LogP contribution in [0.4, 0.5) is 5.69 Å². The van der Waals surface area contributed by atoms with Crippen molar-refractivity contribution in [3.05, 3.63) is 59.9 Å². The Bertz CT molecular complexity index is 900. The van der Waals surface area contributed by atoms with Crippen molar-refractivity contribution in [2.24, 2.45) is 5.92 Å². The van der Waals surface area contributed by atoms with E-state index in [0.717, 1.165) is 18.4 Å². The highest BCUT2D eigenvalue weighted by atomic mass is 16.5. The Labute approximate surface area is 177 Å². The van der Waals surface area contributed by atoms with Crippen LogP contribution in [-0.4, -0.2) is 46.5 Å². The first kappa shape index (κ1) is 20.5.